The predicted molar refractivity (Wildman–Crippen MR) is 148 cm³/mol. The van der Waals surface area contributed by atoms with Gasteiger partial charge >= 0.3 is 0 Å². The zero-order valence-corrected chi connectivity index (χ0v) is 21.7. The highest BCUT2D eigenvalue weighted by molar-refractivity contribution is 8.00. The molecule has 2 heterocycles. The number of nitrogens with zero attached hydrogens (tertiary/aromatic N) is 3. The zero-order chi connectivity index (χ0) is 26.2. The minimum atomic E-state index is -0.319. The van der Waals surface area contributed by atoms with Crippen molar-refractivity contribution in [3.05, 3.63) is 101 Å². The highest BCUT2D eigenvalue weighted by atomic mass is 32.2. The Morgan fingerprint density at radius 3 is 2.42 bits per heavy atom. The first-order valence-electron chi connectivity index (χ1n) is 12.7. The number of carbonyl (C=O) groups excluding carboxylic acids is 2. The summed E-state index contributed by atoms with van der Waals surface area (Å²) in [4.78, 5) is 28.2. The van der Waals surface area contributed by atoms with E-state index < -0.39 is 0 Å². The van der Waals surface area contributed by atoms with Crippen LogP contribution in [0.3, 0.4) is 0 Å². The van der Waals surface area contributed by atoms with Gasteiger partial charge in [0.15, 0.2) is 0 Å². The van der Waals surface area contributed by atoms with Crippen LogP contribution in [0.15, 0.2) is 78.9 Å². The second-order valence-electron chi connectivity index (χ2n) is 9.76. The maximum Gasteiger partial charge on any atom is 0.240 e. The number of rotatable bonds is 6. The molecule has 192 valence electrons. The molecule has 8 heteroatoms. The molecule has 0 bridgehead atoms. The van der Waals surface area contributed by atoms with Crippen LogP contribution in [0, 0.1) is 12.7 Å². The van der Waals surface area contributed by atoms with Gasteiger partial charge < -0.3 is 5.32 Å². The second kappa shape index (κ2) is 10.1. The number of benzene rings is 3. The van der Waals surface area contributed by atoms with E-state index in [2.05, 4.69) is 5.32 Å². The van der Waals surface area contributed by atoms with E-state index in [4.69, 9.17) is 5.10 Å². The molecule has 2 amide bonds. The van der Waals surface area contributed by atoms with Crippen molar-refractivity contribution in [3.63, 3.8) is 0 Å². The summed E-state index contributed by atoms with van der Waals surface area (Å²) in [5, 5.41) is 7.79. The van der Waals surface area contributed by atoms with E-state index >= 15 is 0 Å². The zero-order valence-electron chi connectivity index (χ0n) is 20.9. The van der Waals surface area contributed by atoms with Crippen LogP contribution in [0.4, 0.5) is 10.2 Å². The highest BCUT2D eigenvalue weighted by Crippen LogP contribution is 2.48. The standard InChI is InChI=1S/C30H27FN4O2S/c1-19-7-15-24(16-8-19)35-30-27(28(33-35)20-5-3-2-4-6-20)29(21-9-11-22(31)12-10-21)38-18-26(37)34(30)17-25(36)32-23-13-14-23/h2-12,15-16,23,29H,13-14,17-18H2,1H3,(H,32,36). The van der Waals surface area contributed by atoms with Crippen LogP contribution in [0.2, 0.25) is 0 Å². The average Bonchev–Trinajstić information content (AvgIpc) is 3.68. The summed E-state index contributed by atoms with van der Waals surface area (Å²) in [7, 11) is 0. The third-order valence-electron chi connectivity index (χ3n) is 6.83. The van der Waals surface area contributed by atoms with E-state index in [0.29, 0.717) is 5.82 Å². The maximum atomic E-state index is 13.9. The Labute approximate surface area is 224 Å². The molecule has 1 fully saturated rings. The van der Waals surface area contributed by atoms with E-state index in [1.54, 1.807) is 21.7 Å². The van der Waals surface area contributed by atoms with Gasteiger partial charge in [-0.3, -0.25) is 14.5 Å². The van der Waals surface area contributed by atoms with Crippen LogP contribution >= 0.6 is 11.8 Å². The first-order chi connectivity index (χ1) is 18.5. The topological polar surface area (TPSA) is 67.2 Å². The number of hydrogen-bond acceptors (Lipinski definition) is 4. The van der Waals surface area contributed by atoms with Gasteiger partial charge in [0, 0.05) is 17.2 Å². The van der Waals surface area contributed by atoms with Crippen LogP contribution in [-0.4, -0.2) is 39.9 Å². The van der Waals surface area contributed by atoms with E-state index in [-0.39, 0.29) is 41.2 Å². The first-order valence-corrected chi connectivity index (χ1v) is 13.7. The van der Waals surface area contributed by atoms with E-state index in [0.717, 1.165) is 46.5 Å². The lowest BCUT2D eigenvalue weighted by Gasteiger charge is -2.23. The number of carbonyl (C=O) groups is 2. The molecule has 1 aliphatic heterocycles. The molecule has 2 aliphatic rings. The largest absolute Gasteiger partial charge is 0.352 e. The number of anilines is 1. The Hall–Kier alpha value is -3.91. The van der Waals surface area contributed by atoms with Gasteiger partial charge in [0.05, 0.1) is 22.4 Å². The van der Waals surface area contributed by atoms with E-state index in [1.165, 1.54) is 23.9 Å². The van der Waals surface area contributed by atoms with Crippen molar-refractivity contribution >= 4 is 29.4 Å². The summed E-state index contributed by atoms with van der Waals surface area (Å²) in [6.07, 6.45) is 1.93. The fourth-order valence-corrected chi connectivity index (χ4v) is 5.94. The Balaban J connectivity index is 1.59. The molecule has 0 spiro atoms. The number of fused-ring (bicyclic) bond motifs is 1. The number of halogens is 1. The van der Waals surface area contributed by atoms with Crippen molar-refractivity contribution in [1.29, 1.82) is 0 Å². The summed E-state index contributed by atoms with van der Waals surface area (Å²) in [6.45, 7) is 1.92. The van der Waals surface area contributed by atoms with Gasteiger partial charge in [0.2, 0.25) is 11.8 Å². The fourth-order valence-electron chi connectivity index (χ4n) is 4.74. The van der Waals surface area contributed by atoms with Crippen molar-refractivity contribution in [1.82, 2.24) is 15.1 Å². The van der Waals surface area contributed by atoms with Gasteiger partial charge in [0.1, 0.15) is 18.2 Å². The van der Waals surface area contributed by atoms with Crippen LogP contribution in [0.1, 0.15) is 34.8 Å². The van der Waals surface area contributed by atoms with Crippen molar-refractivity contribution in [2.24, 2.45) is 0 Å². The average molecular weight is 527 g/mol. The number of aryl methyl sites for hydroxylation is 1. The molecule has 0 saturated heterocycles. The molecule has 6 rings (SSSR count). The Bertz CT molecular complexity index is 1480. The summed E-state index contributed by atoms with van der Waals surface area (Å²) in [5.74, 6) is 0.0773. The van der Waals surface area contributed by atoms with Crippen LogP contribution < -0.4 is 10.2 Å². The SMILES string of the molecule is Cc1ccc(-n2nc(-c3ccccc3)c3c2N(CC(=O)NC2CC2)C(=O)CSC3c2ccc(F)cc2)cc1. The Morgan fingerprint density at radius 1 is 1.03 bits per heavy atom. The lowest BCUT2D eigenvalue weighted by molar-refractivity contribution is -0.123. The third-order valence-corrected chi connectivity index (χ3v) is 8.09. The van der Waals surface area contributed by atoms with Crippen molar-refractivity contribution < 1.29 is 14.0 Å². The molecule has 1 aliphatic carbocycles. The normalized spacial score (nSPS) is 17.2. The fraction of sp³-hybridized carbons (Fsp3) is 0.233. The van der Waals surface area contributed by atoms with Crippen LogP contribution in [0.5, 0.6) is 0 Å². The van der Waals surface area contributed by atoms with Crippen molar-refractivity contribution in [2.75, 3.05) is 17.2 Å². The van der Waals surface area contributed by atoms with Gasteiger partial charge in [0.25, 0.3) is 0 Å². The lowest BCUT2D eigenvalue weighted by Crippen LogP contribution is -2.43. The molecule has 6 nitrogen and oxygen atoms in total. The number of aromatic nitrogens is 2. The summed E-state index contributed by atoms with van der Waals surface area (Å²) in [5.41, 5.74) is 5.23. The second-order valence-corrected chi connectivity index (χ2v) is 10.9. The molecule has 1 aromatic heterocycles. The molecule has 1 unspecified atom stereocenters. The molecule has 4 aromatic rings. The number of amides is 2. The summed E-state index contributed by atoms with van der Waals surface area (Å²) >= 11 is 1.47. The van der Waals surface area contributed by atoms with Gasteiger partial charge in [-0.2, -0.15) is 5.10 Å². The van der Waals surface area contributed by atoms with E-state index in [9.17, 15) is 14.0 Å². The van der Waals surface area contributed by atoms with Gasteiger partial charge in [-0.15, -0.1) is 11.8 Å². The minimum absolute atomic E-state index is 0.0924. The molecule has 38 heavy (non-hydrogen) atoms. The van der Waals surface area contributed by atoms with Crippen LogP contribution in [0.25, 0.3) is 16.9 Å². The Kier molecular flexibility index (Phi) is 6.49. The summed E-state index contributed by atoms with van der Waals surface area (Å²) in [6, 6.07) is 24.4. The van der Waals surface area contributed by atoms with Gasteiger partial charge in [-0.25, -0.2) is 9.07 Å². The van der Waals surface area contributed by atoms with Crippen molar-refractivity contribution in [3.8, 4) is 16.9 Å². The molecule has 1 N–H and O–H groups in total. The lowest BCUT2D eigenvalue weighted by atomic mass is 9.99. The monoisotopic (exact) mass is 526 g/mol. The highest BCUT2D eigenvalue weighted by Gasteiger charge is 2.38. The number of thioether (sulfide) groups is 1. The van der Waals surface area contributed by atoms with Gasteiger partial charge in [-0.1, -0.05) is 60.2 Å². The Morgan fingerprint density at radius 2 is 1.74 bits per heavy atom. The molecular weight excluding hydrogens is 499 g/mol. The molecule has 1 saturated carbocycles. The van der Waals surface area contributed by atoms with E-state index in [1.807, 2.05) is 61.5 Å². The van der Waals surface area contributed by atoms with Crippen molar-refractivity contribution in [2.45, 2.75) is 31.1 Å². The quantitative estimate of drug-likeness (QED) is 0.364. The smallest absolute Gasteiger partial charge is 0.240 e. The van der Waals surface area contributed by atoms with Crippen LogP contribution in [-0.2, 0) is 9.59 Å². The third kappa shape index (κ3) is 4.84. The molecule has 1 atom stereocenters. The molecule has 3 aromatic carbocycles. The minimum Gasteiger partial charge on any atom is -0.352 e. The number of hydrogen-bond donors (Lipinski definition) is 1. The first kappa shape index (κ1) is 24.4. The molecule has 0 radical (unpaired) electrons. The maximum absolute atomic E-state index is 13.9. The number of nitrogens with one attached hydrogen (secondary N) is 1. The van der Waals surface area contributed by atoms with Gasteiger partial charge in [-0.05, 0) is 49.6 Å². The molecular formula is C30H27FN4O2S. The summed E-state index contributed by atoms with van der Waals surface area (Å²) < 4.78 is 15.7. The predicted octanol–water partition coefficient (Wildman–Crippen LogP) is 5.43.